The molecule has 0 saturated heterocycles. The summed E-state index contributed by atoms with van der Waals surface area (Å²) in [4.78, 5) is 32.3. The summed E-state index contributed by atoms with van der Waals surface area (Å²) in [5, 5.41) is 7.65. The number of amides is 2. The van der Waals surface area contributed by atoms with E-state index in [-0.39, 0.29) is 23.7 Å². The number of anilines is 1. The van der Waals surface area contributed by atoms with E-state index in [1.807, 2.05) is 18.2 Å². The number of benzene rings is 1. The van der Waals surface area contributed by atoms with Crippen LogP contribution in [0.1, 0.15) is 33.8 Å². The van der Waals surface area contributed by atoms with E-state index >= 15 is 0 Å². The van der Waals surface area contributed by atoms with Crippen molar-refractivity contribution in [1.29, 1.82) is 0 Å². The molecule has 27 heavy (non-hydrogen) atoms. The summed E-state index contributed by atoms with van der Waals surface area (Å²) >= 11 is 3.46. The first-order valence-corrected chi connectivity index (χ1v) is 9.30. The van der Waals surface area contributed by atoms with E-state index in [0.29, 0.717) is 11.3 Å². The number of carbonyl (C=O) groups excluding carboxylic acids is 2. The van der Waals surface area contributed by atoms with Gasteiger partial charge in [-0.3, -0.25) is 14.6 Å². The van der Waals surface area contributed by atoms with Crippen molar-refractivity contribution >= 4 is 50.5 Å². The van der Waals surface area contributed by atoms with Crippen molar-refractivity contribution in [3.63, 3.8) is 0 Å². The van der Waals surface area contributed by atoms with E-state index in [2.05, 4.69) is 41.7 Å². The largest absolute Gasteiger partial charge is 0.349 e. The van der Waals surface area contributed by atoms with Crippen molar-refractivity contribution in [2.45, 2.75) is 12.3 Å². The lowest BCUT2D eigenvalue weighted by atomic mass is 10.0. The van der Waals surface area contributed by atoms with E-state index in [0.717, 1.165) is 33.1 Å². The molecule has 7 nitrogen and oxygen atoms in total. The number of H-pyrrole nitrogens is 1. The lowest BCUT2D eigenvalue weighted by Crippen LogP contribution is -2.18. The molecule has 0 spiro atoms. The fraction of sp³-hybridized carbons (Fsp3) is 0.158. The summed E-state index contributed by atoms with van der Waals surface area (Å²) in [6.07, 6.45) is 5.93. The molecule has 1 fully saturated rings. The van der Waals surface area contributed by atoms with Gasteiger partial charge in [-0.05, 0) is 52.0 Å². The second-order valence-electron chi connectivity index (χ2n) is 6.72. The van der Waals surface area contributed by atoms with E-state index in [1.165, 1.54) is 0 Å². The van der Waals surface area contributed by atoms with Crippen LogP contribution in [0.2, 0.25) is 0 Å². The van der Waals surface area contributed by atoms with Crippen LogP contribution < -0.4 is 10.7 Å². The molecule has 2 amide bonds. The number of carbonyl (C=O) groups is 2. The molecule has 134 valence electrons. The Morgan fingerprint density at radius 3 is 3.04 bits per heavy atom. The Kier molecular flexibility index (Phi) is 3.61. The highest BCUT2D eigenvalue weighted by Crippen LogP contribution is 2.47. The molecule has 0 radical (unpaired) electrons. The maximum absolute atomic E-state index is 12.7. The van der Waals surface area contributed by atoms with Gasteiger partial charge < -0.3 is 10.3 Å². The molecule has 0 bridgehead atoms. The Morgan fingerprint density at radius 1 is 1.33 bits per heavy atom. The van der Waals surface area contributed by atoms with Crippen LogP contribution in [0.3, 0.4) is 0 Å². The van der Waals surface area contributed by atoms with Crippen molar-refractivity contribution in [1.82, 2.24) is 15.4 Å². The van der Waals surface area contributed by atoms with Crippen LogP contribution in [0.15, 0.2) is 46.4 Å². The van der Waals surface area contributed by atoms with Gasteiger partial charge in [-0.15, -0.1) is 0 Å². The topological polar surface area (TPSA) is 99.2 Å². The number of hydrogen-bond donors (Lipinski definition) is 3. The molecule has 2 aliphatic rings. The third kappa shape index (κ3) is 2.73. The molecule has 2 unspecified atom stereocenters. The first kappa shape index (κ1) is 16.2. The Labute approximate surface area is 162 Å². The predicted octanol–water partition coefficient (Wildman–Crippen LogP) is 3.14. The Bertz CT molecular complexity index is 1120. The van der Waals surface area contributed by atoms with Gasteiger partial charge in [0.1, 0.15) is 0 Å². The molecule has 1 aliphatic heterocycles. The van der Waals surface area contributed by atoms with Crippen LogP contribution >= 0.6 is 15.9 Å². The second-order valence-corrected chi connectivity index (χ2v) is 7.52. The molecule has 2 aromatic heterocycles. The highest BCUT2D eigenvalue weighted by atomic mass is 79.9. The van der Waals surface area contributed by atoms with Gasteiger partial charge in [-0.25, -0.2) is 5.43 Å². The predicted molar refractivity (Wildman–Crippen MR) is 105 cm³/mol. The van der Waals surface area contributed by atoms with Crippen LogP contribution in [0.25, 0.3) is 10.9 Å². The molecular weight excluding hydrogens is 410 g/mol. The van der Waals surface area contributed by atoms with Gasteiger partial charge in [0.15, 0.2) is 0 Å². The number of rotatable bonds is 3. The zero-order valence-electron chi connectivity index (χ0n) is 14.0. The van der Waals surface area contributed by atoms with Crippen LogP contribution in [0.5, 0.6) is 0 Å². The van der Waals surface area contributed by atoms with E-state index < -0.39 is 0 Å². The van der Waals surface area contributed by atoms with Crippen molar-refractivity contribution in [3.05, 3.63) is 58.0 Å². The number of hydrogen-bond acceptors (Lipinski definition) is 4. The van der Waals surface area contributed by atoms with Crippen molar-refractivity contribution < 1.29 is 9.59 Å². The first-order chi connectivity index (χ1) is 13.1. The second kappa shape index (κ2) is 6.02. The van der Waals surface area contributed by atoms with Crippen LogP contribution in [0.4, 0.5) is 5.69 Å². The minimum Gasteiger partial charge on any atom is -0.349 e. The average molecular weight is 424 g/mol. The summed E-state index contributed by atoms with van der Waals surface area (Å²) in [5.74, 6) is -0.233. The standard InChI is InChI=1S/C19H14BrN5O2/c20-17-14-8-22-25-19(27)13-4-10(5-15(24-17)16(13)14)23-18(26)12-6-11(12)9-2-1-3-21-7-9/h1-5,7-8,11-12,24H,6H2,(H,23,26)(H,25,27). The maximum atomic E-state index is 12.7. The van der Waals surface area contributed by atoms with Gasteiger partial charge in [0.2, 0.25) is 5.91 Å². The number of aromatic nitrogens is 2. The molecule has 2 atom stereocenters. The lowest BCUT2D eigenvalue weighted by molar-refractivity contribution is -0.117. The quantitative estimate of drug-likeness (QED) is 0.603. The molecule has 5 rings (SSSR count). The van der Waals surface area contributed by atoms with E-state index in [1.54, 1.807) is 24.7 Å². The summed E-state index contributed by atoms with van der Waals surface area (Å²) in [5.41, 5.74) is 6.17. The molecule has 3 heterocycles. The van der Waals surface area contributed by atoms with E-state index in [4.69, 9.17) is 0 Å². The molecule has 8 heteroatoms. The van der Waals surface area contributed by atoms with Gasteiger partial charge in [-0.2, -0.15) is 5.10 Å². The molecule has 3 N–H and O–H groups in total. The first-order valence-electron chi connectivity index (χ1n) is 8.51. The zero-order valence-corrected chi connectivity index (χ0v) is 15.6. The Hall–Kier alpha value is -3.00. The highest BCUT2D eigenvalue weighted by Gasteiger charge is 2.44. The van der Waals surface area contributed by atoms with Gasteiger partial charge in [0.05, 0.1) is 16.4 Å². The molecule has 1 aromatic carbocycles. The fourth-order valence-corrected chi connectivity index (χ4v) is 4.11. The van der Waals surface area contributed by atoms with Gasteiger partial charge >= 0.3 is 0 Å². The summed E-state index contributed by atoms with van der Waals surface area (Å²) in [6.45, 7) is 0. The third-order valence-corrected chi connectivity index (χ3v) is 5.63. The number of nitrogens with zero attached hydrogens (tertiary/aromatic N) is 2. The van der Waals surface area contributed by atoms with Crippen molar-refractivity contribution in [2.24, 2.45) is 11.0 Å². The van der Waals surface area contributed by atoms with E-state index in [9.17, 15) is 9.59 Å². The number of pyridine rings is 1. The number of aromatic amines is 1. The highest BCUT2D eigenvalue weighted by molar-refractivity contribution is 9.10. The van der Waals surface area contributed by atoms with Crippen LogP contribution in [-0.2, 0) is 4.79 Å². The Morgan fingerprint density at radius 2 is 2.22 bits per heavy atom. The lowest BCUT2D eigenvalue weighted by Gasteiger charge is -2.08. The number of hydrazone groups is 1. The third-order valence-electron chi connectivity index (χ3n) is 5.00. The smallest absolute Gasteiger partial charge is 0.272 e. The summed E-state index contributed by atoms with van der Waals surface area (Å²) in [6, 6.07) is 7.40. The molecule has 3 aromatic rings. The molecule has 1 aliphatic carbocycles. The number of halogens is 1. The summed E-state index contributed by atoms with van der Waals surface area (Å²) < 4.78 is 0.737. The van der Waals surface area contributed by atoms with Gasteiger partial charge in [0.25, 0.3) is 5.91 Å². The van der Waals surface area contributed by atoms with Crippen LogP contribution in [0, 0.1) is 5.92 Å². The van der Waals surface area contributed by atoms with Crippen molar-refractivity contribution in [3.8, 4) is 0 Å². The van der Waals surface area contributed by atoms with Gasteiger partial charge in [0, 0.05) is 40.5 Å². The van der Waals surface area contributed by atoms with Crippen molar-refractivity contribution in [2.75, 3.05) is 5.32 Å². The SMILES string of the molecule is O=C1NN=Cc2c(Br)[nH]c3cc(NC(=O)C4CC4c4cccnc4)cc1c23. The zero-order chi connectivity index (χ0) is 18.5. The number of nitrogens with one attached hydrogen (secondary N) is 3. The summed E-state index contributed by atoms with van der Waals surface area (Å²) in [7, 11) is 0. The molecule has 1 saturated carbocycles. The monoisotopic (exact) mass is 423 g/mol. The average Bonchev–Trinajstić information content (AvgIpc) is 3.42. The maximum Gasteiger partial charge on any atom is 0.272 e. The fourth-order valence-electron chi connectivity index (χ4n) is 3.60. The minimum atomic E-state index is -0.308. The minimum absolute atomic E-state index is 0.0495. The molecular formula is C19H14BrN5O2. The normalized spacial score (nSPS) is 20.3. The van der Waals surface area contributed by atoms with Crippen LogP contribution in [-0.4, -0.2) is 28.0 Å². The van der Waals surface area contributed by atoms with Gasteiger partial charge in [-0.1, -0.05) is 6.07 Å². The Balaban J connectivity index is 1.44.